The Morgan fingerprint density at radius 3 is 1.60 bits per heavy atom. The molecule has 0 saturated heterocycles. The molecule has 0 unspecified atom stereocenters. The van der Waals surface area contributed by atoms with Gasteiger partial charge in [0.05, 0.1) is 0 Å². The molecule has 0 saturated carbocycles. The van der Waals surface area contributed by atoms with E-state index in [0.29, 0.717) is 0 Å². The Balaban J connectivity index is 0. The highest BCUT2D eigenvalue weighted by molar-refractivity contribution is 5.05. The number of ether oxygens (including phenoxy) is 1. The first-order valence-corrected chi connectivity index (χ1v) is 3.22. The molecule has 0 aliphatic heterocycles. The van der Waals surface area contributed by atoms with Crippen molar-refractivity contribution in [2.45, 2.75) is 6.92 Å². The van der Waals surface area contributed by atoms with E-state index in [1.54, 1.807) is 19.3 Å². The van der Waals surface area contributed by atoms with Crippen LogP contribution in [0.25, 0.3) is 0 Å². The Bertz CT molecular complexity index is 80.9. The standard InChI is InChI=1S/C6H8.C3H8O/c1-3-5-6-4-2;1-3-4-2/h3-6H,1-2H2;3H2,1-2H3/b6-5-;. The molecule has 1 nitrogen and oxygen atoms in total. The van der Waals surface area contributed by atoms with Gasteiger partial charge in [-0.2, -0.15) is 0 Å². The fourth-order valence-electron chi connectivity index (χ4n) is 0.157. The van der Waals surface area contributed by atoms with Crippen molar-refractivity contribution < 1.29 is 4.74 Å². The highest BCUT2D eigenvalue weighted by atomic mass is 16.5. The van der Waals surface area contributed by atoms with E-state index in [1.807, 2.05) is 19.1 Å². The van der Waals surface area contributed by atoms with Gasteiger partial charge >= 0.3 is 0 Å². The van der Waals surface area contributed by atoms with Crippen molar-refractivity contribution in [3.05, 3.63) is 37.5 Å². The van der Waals surface area contributed by atoms with Crippen LogP contribution in [0.4, 0.5) is 0 Å². The molecule has 0 aliphatic rings. The van der Waals surface area contributed by atoms with Crippen molar-refractivity contribution in [3.8, 4) is 0 Å². The molecule has 58 valence electrons. The van der Waals surface area contributed by atoms with E-state index in [1.165, 1.54) is 0 Å². The molecule has 1 heteroatoms. The predicted molar refractivity (Wildman–Crippen MR) is 47.1 cm³/mol. The summed E-state index contributed by atoms with van der Waals surface area (Å²) >= 11 is 0. The first kappa shape index (κ1) is 11.9. The summed E-state index contributed by atoms with van der Waals surface area (Å²) in [7, 11) is 1.68. The summed E-state index contributed by atoms with van der Waals surface area (Å²) in [5.41, 5.74) is 0. The van der Waals surface area contributed by atoms with Crippen LogP contribution >= 0.6 is 0 Å². The van der Waals surface area contributed by atoms with Crippen LogP contribution in [-0.2, 0) is 4.74 Å². The van der Waals surface area contributed by atoms with Gasteiger partial charge in [0.15, 0.2) is 0 Å². The van der Waals surface area contributed by atoms with Crippen LogP contribution < -0.4 is 0 Å². The number of hydrogen-bond donors (Lipinski definition) is 0. The van der Waals surface area contributed by atoms with Crippen LogP contribution in [0.5, 0.6) is 0 Å². The Labute approximate surface area is 63.7 Å². The largest absolute Gasteiger partial charge is 0.385 e. The molecule has 0 aromatic carbocycles. The number of methoxy groups -OCH3 is 1. The maximum Gasteiger partial charge on any atom is 0.0433 e. The summed E-state index contributed by atoms with van der Waals surface area (Å²) in [6, 6.07) is 0. The summed E-state index contributed by atoms with van der Waals surface area (Å²) in [6.45, 7) is 9.70. The quantitative estimate of drug-likeness (QED) is 0.547. The highest BCUT2D eigenvalue weighted by Gasteiger charge is 1.51. The van der Waals surface area contributed by atoms with Gasteiger partial charge in [0, 0.05) is 13.7 Å². The summed E-state index contributed by atoms with van der Waals surface area (Å²) < 4.78 is 4.54. The summed E-state index contributed by atoms with van der Waals surface area (Å²) in [5.74, 6) is 0. The number of allylic oxidation sites excluding steroid dienone is 4. The smallest absolute Gasteiger partial charge is 0.0433 e. The third-order valence-corrected chi connectivity index (χ3v) is 0.672. The second-order valence-electron chi connectivity index (χ2n) is 1.43. The molecular formula is C9H16O. The third kappa shape index (κ3) is 27.1. The van der Waals surface area contributed by atoms with Crippen molar-refractivity contribution in [3.63, 3.8) is 0 Å². The van der Waals surface area contributed by atoms with Gasteiger partial charge in [0.2, 0.25) is 0 Å². The van der Waals surface area contributed by atoms with Gasteiger partial charge < -0.3 is 4.74 Å². The number of hydrogen-bond acceptors (Lipinski definition) is 1. The lowest BCUT2D eigenvalue weighted by Gasteiger charge is -1.76. The van der Waals surface area contributed by atoms with Gasteiger partial charge in [0.1, 0.15) is 0 Å². The molecule has 0 bridgehead atoms. The lowest BCUT2D eigenvalue weighted by Crippen LogP contribution is -1.73. The molecule has 0 N–H and O–H groups in total. The van der Waals surface area contributed by atoms with Crippen molar-refractivity contribution in [2.24, 2.45) is 0 Å². The van der Waals surface area contributed by atoms with Crippen LogP contribution in [0.3, 0.4) is 0 Å². The molecule has 0 aromatic heterocycles. The van der Waals surface area contributed by atoms with Crippen molar-refractivity contribution >= 4 is 0 Å². The van der Waals surface area contributed by atoms with E-state index in [2.05, 4.69) is 17.9 Å². The second-order valence-corrected chi connectivity index (χ2v) is 1.43. The topological polar surface area (TPSA) is 9.23 Å². The zero-order valence-electron chi connectivity index (χ0n) is 6.84. The summed E-state index contributed by atoms with van der Waals surface area (Å²) in [6.07, 6.45) is 7.07. The van der Waals surface area contributed by atoms with Crippen molar-refractivity contribution in [1.82, 2.24) is 0 Å². The van der Waals surface area contributed by atoms with E-state index in [4.69, 9.17) is 0 Å². The minimum absolute atomic E-state index is 0.819. The predicted octanol–water partition coefficient (Wildman–Crippen LogP) is 2.57. The zero-order chi connectivity index (χ0) is 8.24. The Morgan fingerprint density at radius 1 is 1.20 bits per heavy atom. The first-order valence-electron chi connectivity index (χ1n) is 3.22. The maximum absolute atomic E-state index is 4.54. The Hall–Kier alpha value is -0.820. The van der Waals surface area contributed by atoms with Crippen molar-refractivity contribution in [2.75, 3.05) is 13.7 Å². The minimum Gasteiger partial charge on any atom is -0.385 e. The van der Waals surface area contributed by atoms with Crippen LogP contribution in [-0.4, -0.2) is 13.7 Å². The molecule has 0 aromatic rings. The molecule has 10 heavy (non-hydrogen) atoms. The Morgan fingerprint density at radius 2 is 1.50 bits per heavy atom. The monoisotopic (exact) mass is 140 g/mol. The molecule has 0 rings (SSSR count). The molecule has 0 atom stereocenters. The van der Waals surface area contributed by atoms with Crippen molar-refractivity contribution in [1.29, 1.82) is 0 Å². The molecule has 0 heterocycles. The molecule has 0 radical (unpaired) electrons. The Kier molecular flexibility index (Phi) is 18.7. The van der Waals surface area contributed by atoms with Crippen LogP contribution in [0.15, 0.2) is 37.5 Å². The molecule has 0 aliphatic carbocycles. The van der Waals surface area contributed by atoms with E-state index in [0.717, 1.165) is 6.61 Å². The summed E-state index contributed by atoms with van der Waals surface area (Å²) in [4.78, 5) is 0. The molecule has 0 spiro atoms. The average Bonchev–Trinajstić information content (AvgIpc) is 2.01. The normalized spacial score (nSPS) is 8.20. The molecular weight excluding hydrogens is 124 g/mol. The van der Waals surface area contributed by atoms with Gasteiger partial charge in [0.25, 0.3) is 0 Å². The maximum atomic E-state index is 4.54. The van der Waals surface area contributed by atoms with Gasteiger partial charge in [-0.3, -0.25) is 0 Å². The van der Waals surface area contributed by atoms with Crippen LogP contribution in [0.2, 0.25) is 0 Å². The van der Waals surface area contributed by atoms with E-state index < -0.39 is 0 Å². The lowest BCUT2D eigenvalue weighted by atomic mass is 10.5. The summed E-state index contributed by atoms with van der Waals surface area (Å²) in [5, 5.41) is 0. The van der Waals surface area contributed by atoms with Gasteiger partial charge in [-0.05, 0) is 6.92 Å². The molecule has 0 fully saturated rings. The average molecular weight is 140 g/mol. The number of rotatable bonds is 3. The lowest BCUT2D eigenvalue weighted by molar-refractivity contribution is 0.215. The van der Waals surface area contributed by atoms with Gasteiger partial charge in [-0.1, -0.05) is 37.5 Å². The zero-order valence-corrected chi connectivity index (χ0v) is 6.84. The van der Waals surface area contributed by atoms with Crippen LogP contribution in [0, 0.1) is 0 Å². The SMILES string of the molecule is C=C/C=C\C=C.CCOC. The fraction of sp³-hybridized carbons (Fsp3) is 0.333. The minimum atomic E-state index is 0.819. The highest BCUT2D eigenvalue weighted by Crippen LogP contribution is 1.69. The van der Waals surface area contributed by atoms with E-state index in [-0.39, 0.29) is 0 Å². The fourth-order valence-corrected chi connectivity index (χ4v) is 0.157. The van der Waals surface area contributed by atoms with E-state index >= 15 is 0 Å². The second kappa shape index (κ2) is 15.7. The first-order chi connectivity index (χ1) is 4.83. The van der Waals surface area contributed by atoms with Gasteiger partial charge in [-0.25, -0.2) is 0 Å². The van der Waals surface area contributed by atoms with Crippen LogP contribution in [0.1, 0.15) is 6.92 Å². The molecule has 0 amide bonds. The van der Waals surface area contributed by atoms with E-state index in [9.17, 15) is 0 Å². The third-order valence-electron chi connectivity index (χ3n) is 0.672. The van der Waals surface area contributed by atoms with Gasteiger partial charge in [-0.15, -0.1) is 0 Å².